The first-order valence-corrected chi connectivity index (χ1v) is 6.51. The lowest BCUT2D eigenvalue weighted by atomic mass is 10.0. The Morgan fingerprint density at radius 3 is 2.53 bits per heavy atom. The van der Waals surface area contributed by atoms with Gasteiger partial charge in [0.1, 0.15) is 0 Å². The molecule has 5 nitrogen and oxygen atoms in total. The van der Waals surface area contributed by atoms with Crippen molar-refractivity contribution in [2.45, 2.75) is 31.9 Å². The van der Waals surface area contributed by atoms with Crippen LogP contribution in [-0.2, 0) is 10.0 Å². The lowest BCUT2D eigenvalue weighted by Crippen LogP contribution is -2.35. The Hall–Kier alpha value is -0.640. The molecule has 88 valence electrons. The minimum atomic E-state index is -3.53. The van der Waals surface area contributed by atoms with Gasteiger partial charge in [-0.2, -0.15) is 5.26 Å². The summed E-state index contributed by atoms with van der Waals surface area (Å²) in [6.45, 7) is 3.61. The molecule has 0 heterocycles. The van der Waals surface area contributed by atoms with Crippen LogP contribution in [0.5, 0.6) is 0 Å². The fourth-order valence-electron chi connectivity index (χ4n) is 1.06. The van der Waals surface area contributed by atoms with Crippen molar-refractivity contribution in [1.29, 1.82) is 5.26 Å². The van der Waals surface area contributed by atoms with Crippen LogP contribution in [0.3, 0.4) is 0 Å². The lowest BCUT2D eigenvalue weighted by Gasteiger charge is -2.15. The summed E-state index contributed by atoms with van der Waals surface area (Å²) in [6.07, 6.45) is 1.37. The van der Waals surface area contributed by atoms with Crippen molar-refractivity contribution in [2.75, 3.05) is 13.2 Å². The highest BCUT2D eigenvalue weighted by molar-refractivity contribution is 7.90. The highest BCUT2D eigenvalue weighted by Gasteiger charge is 2.20. The molecule has 0 aliphatic carbocycles. The summed E-state index contributed by atoms with van der Waals surface area (Å²) in [6, 6.07) is 1.68. The molecule has 0 spiro atoms. The third-order valence-corrected chi connectivity index (χ3v) is 3.94. The second-order valence-corrected chi connectivity index (χ2v) is 5.54. The van der Waals surface area contributed by atoms with Gasteiger partial charge in [0.15, 0.2) is 5.25 Å². The topological polar surface area (TPSA) is 90.2 Å². The van der Waals surface area contributed by atoms with Gasteiger partial charge in [-0.25, -0.2) is 13.1 Å². The first-order valence-electron chi connectivity index (χ1n) is 4.96. The number of rotatable bonds is 7. The lowest BCUT2D eigenvalue weighted by molar-refractivity contribution is 0.254. The molecule has 15 heavy (non-hydrogen) atoms. The van der Waals surface area contributed by atoms with Crippen LogP contribution in [-0.4, -0.2) is 31.9 Å². The summed E-state index contributed by atoms with van der Waals surface area (Å²) in [5, 5.41) is 16.2. The van der Waals surface area contributed by atoms with Crippen LogP contribution in [0.25, 0.3) is 0 Å². The molecule has 0 saturated heterocycles. The molecule has 2 N–H and O–H groups in total. The van der Waals surface area contributed by atoms with Gasteiger partial charge < -0.3 is 5.11 Å². The molecule has 0 aromatic heterocycles. The van der Waals surface area contributed by atoms with E-state index in [2.05, 4.69) is 4.72 Å². The number of nitrogens with one attached hydrogen (secondary N) is 1. The number of hydrogen-bond acceptors (Lipinski definition) is 4. The Bertz CT molecular complexity index is 308. The van der Waals surface area contributed by atoms with Gasteiger partial charge in [-0.05, 0) is 19.3 Å². The van der Waals surface area contributed by atoms with Crippen molar-refractivity contribution in [2.24, 2.45) is 5.92 Å². The molecule has 0 amide bonds. The fourth-order valence-corrected chi connectivity index (χ4v) is 1.92. The maximum atomic E-state index is 11.4. The zero-order chi connectivity index (χ0) is 11.9. The Morgan fingerprint density at radius 2 is 2.13 bits per heavy atom. The quantitative estimate of drug-likeness (QED) is 0.659. The SMILES string of the molecule is CCC(CCO)CNS(=O)(=O)C(C)C#N. The van der Waals surface area contributed by atoms with Gasteiger partial charge in [0.25, 0.3) is 0 Å². The predicted molar refractivity (Wildman–Crippen MR) is 57.5 cm³/mol. The number of nitriles is 1. The van der Waals surface area contributed by atoms with Crippen molar-refractivity contribution >= 4 is 10.0 Å². The molecule has 0 saturated carbocycles. The van der Waals surface area contributed by atoms with E-state index in [1.807, 2.05) is 6.92 Å². The summed E-state index contributed by atoms with van der Waals surface area (Å²) >= 11 is 0. The molecule has 0 fully saturated rings. The molecule has 2 atom stereocenters. The van der Waals surface area contributed by atoms with Crippen molar-refractivity contribution in [3.05, 3.63) is 0 Å². The minimum absolute atomic E-state index is 0.0496. The molecule has 0 aliphatic heterocycles. The van der Waals surface area contributed by atoms with Crippen LogP contribution in [0.1, 0.15) is 26.7 Å². The van der Waals surface area contributed by atoms with Crippen molar-refractivity contribution in [3.63, 3.8) is 0 Å². The van der Waals surface area contributed by atoms with Crippen molar-refractivity contribution in [3.8, 4) is 6.07 Å². The van der Waals surface area contributed by atoms with E-state index in [0.717, 1.165) is 6.42 Å². The van der Waals surface area contributed by atoms with E-state index in [-0.39, 0.29) is 19.1 Å². The van der Waals surface area contributed by atoms with E-state index < -0.39 is 15.3 Å². The maximum Gasteiger partial charge on any atom is 0.227 e. The Morgan fingerprint density at radius 1 is 1.53 bits per heavy atom. The molecule has 0 aromatic carbocycles. The molecule has 0 aliphatic rings. The average Bonchev–Trinajstić information content (AvgIpc) is 2.22. The van der Waals surface area contributed by atoms with Gasteiger partial charge in [0, 0.05) is 13.2 Å². The third-order valence-electron chi connectivity index (χ3n) is 2.34. The smallest absolute Gasteiger partial charge is 0.227 e. The predicted octanol–water partition coefficient (Wildman–Crippen LogP) is 0.226. The summed E-state index contributed by atoms with van der Waals surface area (Å²) in [7, 11) is -3.53. The Labute approximate surface area is 91.2 Å². The van der Waals surface area contributed by atoms with E-state index in [0.29, 0.717) is 6.42 Å². The third kappa shape index (κ3) is 5.11. The second kappa shape index (κ2) is 6.77. The van der Waals surface area contributed by atoms with Crippen molar-refractivity contribution in [1.82, 2.24) is 4.72 Å². The number of aliphatic hydroxyl groups is 1. The molecule has 6 heteroatoms. The monoisotopic (exact) mass is 234 g/mol. The number of nitrogens with zero attached hydrogens (tertiary/aromatic N) is 1. The van der Waals surface area contributed by atoms with Gasteiger partial charge in [0.05, 0.1) is 6.07 Å². The van der Waals surface area contributed by atoms with E-state index in [1.165, 1.54) is 6.92 Å². The molecule has 0 aromatic rings. The van der Waals surface area contributed by atoms with Crippen molar-refractivity contribution < 1.29 is 13.5 Å². The molecule has 0 rings (SSSR count). The normalized spacial score (nSPS) is 15.6. The molecule has 0 radical (unpaired) electrons. The number of sulfonamides is 1. The second-order valence-electron chi connectivity index (χ2n) is 3.45. The van der Waals surface area contributed by atoms with Gasteiger partial charge in [0.2, 0.25) is 10.0 Å². The van der Waals surface area contributed by atoms with E-state index in [9.17, 15) is 8.42 Å². The van der Waals surface area contributed by atoms with Gasteiger partial charge >= 0.3 is 0 Å². The van der Waals surface area contributed by atoms with Crippen LogP contribution in [0.2, 0.25) is 0 Å². The van der Waals surface area contributed by atoms with Crippen LogP contribution in [0.15, 0.2) is 0 Å². The van der Waals surface area contributed by atoms with Crippen LogP contribution < -0.4 is 4.72 Å². The highest BCUT2D eigenvalue weighted by atomic mass is 32.2. The first-order chi connectivity index (χ1) is 6.97. The largest absolute Gasteiger partial charge is 0.396 e. The summed E-state index contributed by atoms with van der Waals surface area (Å²) < 4.78 is 25.2. The van der Waals surface area contributed by atoms with Crippen LogP contribution in [0, 0.1) is 17.2 Å². The molecule has 0 bridgehead atoms. The first kappa shape index (κ1) is 14.4. The van der Waals surface area contributed by atoms with Crippen LogP contribution >= 0.6 is 0 Å². The number of hydrogen-bond donors (Lipinski definition) is 2. The minimum Gasteiger partial charge on any atom is -0.396 e. The highest BCUT2D eigenvalue weighted by Crippen LogP contribution is 2.07. The van der Waals surface area contributed by atoms with Gasteiger partial charge in [-0.3, -0.25) is 0 Å². The van der Waals surface area contributed by atoms with Crippen LogP contribution in [0.4, 0.5) is 0 Å². The van der Waals surface area contributed by atoms with E-state index in [1.54, 1.807) is 6.07 Å². The fraction of sp³-hybridized carbons (Fsp3) is 0.889. The maximum absolute atomic E-state index is 11.4. The standard InChI is InChI=1S/C9H18N2O3S/c1-3-9(4-5-12)7-11-15(13,14)8(2)6-10/h8-9,11-12H,3-5,7H2,1-2H3. The molecule has 2 unspecified atom stereocenters. The molecular weight excluding hydrogens is 216 g/mol. The zero-order valence-electron chi connectivity index (χ0n) is 9.10. The average molecular weight is 234 g/mol. The Kier molecular flexibility index (Phi) is 6.48. The van der Waals surface area contributed by atoms with E-state index in [4.69, 9.17) is 10.4 Å². The number of aliphatic hydroxyl groups excluding tert-OH is 1. The zero-order valence-corrected chi connectivity index (χ0v) is 9.92. The summed E-state index contributed by atoms with van der Waals surface area (Å²) in [4.78, 5) is 0. The summed E-state index contributed by atoms with van der Waals surface area (Å²) in [5.74, 6) is 0.121. The van der Waals surface area contributed by atoms with Gasteiger partial charge in [-0.1, -0.05) is 13.3 Å². The Balaban J connectivity index is 4.20. The van der Waals surface area contributed by atoms with Gasteiger partial charge in [-0.15, -0.1) is 0 Å². The van der Waals surface area contributed by atoms with E-state index >= 15 is 0 Å². The molecular formula is C9H18N2O3S. The summed E-state index contributed by atoms with van der Waals surface area (Å²) in [5.41, 5.74) is 0.